The molecule has 0 aromatic carbocycles. The van der Waals surface area contributed by atoms with Crippen LogP contribution in [0.15, 0.2) is 0 Å². The molecule has 102 valence electrons. The summed E-state index contributed by atoms with van der Waals surface area (Å²) in [6.07, 6.45) is 1.11. The van der Waals surface area contributed by atoms with Crippen molar-refractivity contribution in [1.29, 1.82) is 0 Å². The maximum absolute atomic E-state index is 9.86. The molecule has 0 aromatic rings. The van der Waals surface area contributed by atoms with E-state index in [1.807, 2.05) is 13.8 Å². The van der Waals surface area contributed by atoms with E-state index in [4.69, 9.17) is 4.74 Å². The molecule has 1 saturated heterocycles. The summed E-state index contributed by atoms with van der Waals surface area (Å²) in [7, 11) is 1.75. The number of ether oxygens (including phenoxy) is 1. The van der Waals surface area contributed by atoms with Gasteiger partial charge in [0, 0.05) is 52.5 Å². The topological polar surface area (TPSA) is 35.9 Å². The van der Waals surface area contributed by atoms with Crippen LogP contribution in [-0.2, 0) is 4.74 Å². The van der Waals surface area contributed by atoms with Gasteiger partial charge in [-0.05, 0) is 27.2 Å². The van der Waals surface area contributed by atoms with Gasteiger partial charge >= 0.3 is 0 Å². The van der Waals surface area contributed by atoms with E-state index < -0.39 is 5.60 Å². The average Bonchev–Trinajstić information content (AvgIpc) is 2.21. The predicted octanol–water partition coefficient (Wildman–Crippen LogP) is 0.800. The Hall–Kier alpha value is -0.160. The zero-order valence-corrected chi connectivity index (χ0v) is 11.8. The summed E-state index contributed by atoms with van der Waals surface area (Å²) >= 11 is 0. The first-order valence-electron chi connectivity index (χ1n) is 6.60. The highest BCUT2D eigenvalue weighted by Crippen LogP contribution is 2.14. The fourth-order valence-electron chi connectivity index (χ4n) is 2.44. The fourth-order valence-corrected chi connectivity index (χ4v) is 2.44. The van der Waals surface area contributed by atoms with Gasteiger partial charge < -0.3 is 14.7 Å². The number of aliphatic hydroxyl groups is 1. The van der Waals surface area contributed by atoms with E-state index in [-0.39, 0.29) is 0 Å². The monoisotopic (exact) mass is 244 g/mol. The number of methoxy groups -OCH3 is 1. The Morgan fingerprint density at radius 1 is 1.35 bits per heavy atom. The van der Waals surface area contributed by atoms with Crippen molar-refractivity contribution in [3.8, 4) is 0 Å². The molecule has 0 aliphatic carbocycles. The van der Waals surface area contributed by atoms with Crippen molar-refractivity contribution in [1.82, 2.24) is 9.80 Å². The molecule has 0 bridgehead atoms. The highest BCUT2D eigenvalue weighted by Gasteiger charge is 2.27. The Labute approximate surface area is 106 Å². The number of rotatable bonds is 6. The maximum atomic E-state index is 9.86. The van der Waals surface area contributed by atoms with Gasteiger partial charge in [0.25, 0.3) is 0 Å². The van der Waals surface area contributed by atoms with Crippen molar-refractivity contribution < 1.29 is 9.84 Å². The molecule has 4 heteroatoms. The summed E-state index contributed by atoms with van der Waals surface area (Å²) in [5.41, 5.74) is -0.591. The molecule has 1 aliphatic rings. The molecule has 1 aliphatic heterocycles. The molecule has 0 aromatic heterocycles. The van der Waals surface area contributed by atoms with Crippen LogP contribution in [0.25, 0.3) is 0 Å². The van der Waals surface area contributed by atoms with Gasteiger partial charge in [-0.1, -0.05) is 0 Å². The molecule has 4 nitrogen and oxygen atoms in total. The van der Waals surface area contributed by atoms with Crippen molar-refractivity contribution in [3.63, 3.8) is 0 Å². The summed E-state index contributed by atoms with van der Waals surface area (Å²) in [4.78, 5) is 4.87. The molecule has 0 radical (unpaired) electrons. The van der Waals surface area contributed by atoms with Crippen molar-refractivity contribution >= 4 is 0 Å². The molecule has 1 heterocycles. The lowest BCUT2D eigenvalue weighted by atomic mass is 10.1. The fraction of sp³-hybridized carbons (Fsp3) is 1.00. The standard InChI is InChI=1S/C13H28N2O2/c1-12-10-14(6-5-9-17-4)7-8-15(12)11-13(2,3)16/h12,16H,5-11H2,1-4H3/t12-/m0/s1. The first-order valence-corrected chi connectivity index (χ1v) is 6.60. The maximum Gasteiger partial charge on any atom is 0.0718 e. The van der Waals surface area contributed by atoms with Crippen LogP contribution in [0.4, 0.5) is 0 Å². The largest absolute Gasteiger partial charge is 0.389 e. The number of nitrogens with zero attached hydrogens (tertiary/aromatic N) is 2. The molecule has 1 N–H and O–H groups in total. The highest BCUT2D eigenvalue weighted by atomic mass is 16.5. The molecule has 0 unspecified atom stereocenters. The third kappa shape index (κ3) is 5.82. The minimum atomic E-state index is -0.591. The smallest absolute Gasteiger partial charge is 0.0718 e. The third-order valence-electron chi connectivity index (χ3n) is 3.26. The van der Waals surface area contributed by atoms with E-state index in [0.29, 0.717) is 6.04 Å². The summed E-state index contributed by atoms with van der Waals surface area (Å²) in [5, 5.41) is 9.86. The van der Waals surface area contributed by atoms with E-state index in [1.165, 1.54) is 0 Å². The number of hydrogen-bond donors (Lipinski definition) is 1. The Morgan fingerprint density at radius 3 is 2.59 bits per heavy atom. The van der Waals surface area contributed by atoms with Crippen LogP contribution in [0.2, 0.25) is 0 Å². The highest BCUT2D eigenvalue weighted by molar-refractivity contribution is 4.83. The van der Waals surface area contributed by atoms with Gasteiger partial charge in [-0.15, -0.1) is 0 Å². The normalized spacial score (nSPS) is 24.2. The lowest BCUT2D eigenvalue weighted by molar-refractivity contribution is -0.00461. The van der Waals surface area contributed by atoms with Gasteiger partial charge in [0.2, 0.25) is 0 Å². The van der Waals surface area contributed by atoms with Crippen molar-refractivity contribution in [2.24, 2.45) is 0 Å². The van der Waals surface area contributed by atoms with E-state index in [0.717, 1.165) is 45.8 Å². The molecule has 0 spiro atoms. The lowest BCUT2D eigenvalue weighted by Crippen LogP contribution is -2.55. The van der Waals surface area contributed by atoms with Gasteiger partial charge in [0.05, 0.1) is 5.60 Å². The molecular weight excluding hydrogens is 216 g/mol. The Kier molecular flexibility index (Phi) is 5.86. The molecule has 17 heavy (non-hydrogen) atoms. The van der Waals surface area contributed by atoms with Gasteiger partial charge in [0.1, 0.15) is 0 Å². The van der Waals surface area contributed by atoms with Gasteiger partial charge in [-0.3, -0.25) is 4.90 Å². The predicted molar refractivity (Wildman–Crippen MR) is 70.3 cm³/mol. The molecule has 1 rings (SSSR count). The van der Waals surface area contributed by atoms with Crippen LogP contribution >= 0.6 is 0 Å². The summed E-state index contributed by atoms with van der Waals surface area (Å²) < 4.78 is 5.08. The number of hydrogen-bond acceptors (Lipinski definition) is 4. The number of piperazine rings is 1. The molecule has 1 fully saturated rings. The van der Waals surface area contributed by atoms with Gasteiger partial charge in [-0.25, -0.2) is 0 Å². The van der Waals surface area contributed by atoms with Crippen LogP contribution in [0.3, 0.4) is 0 Å². The van der Waals surface area contributed by atoms with Gasteiger partial charge in [0.15, 0.2) is 0 Å². The SMILES string of the molecule is COCCCN1CCN(CC(C)(C)O)[C@@H](C)C1. The second-order valence-electron chi connectivity index (χ2n) is 5.78. The summed E-state index contributed by atoms with van der Waals surface area (Å²) in [6, 6.07) is 0.526. The summed E-state index contributed by atoms with van der Waals surface area (Å²) in [5.74, 6) is 0. The lowest BCUT2D eigenvalue weighted by Gasteiger charge is -2.42. The molecular formula is C13H28N2O2. The van der Waals surface area contributed by atoms with Crippen molar-refractivity contribution in [3.05, 3.63) is 0 Å². The van der Waals surface area contributed by atoms with Gasteiger partial charge in [-0.2, -0.15) is 0 Å². The van der Waals surface area contributed by atoms with Crippen LogP contribution in [0.5, 0.6) is 0 Å². The average molecular weight is 244 g/mol. The second kappa shape index (κ2) is 6.69. The molecule has 0 saturated carbocycles. The van der Waals surface area contributed by atoms with Crippen LogP contribution in [0, 0.1) is 0 Å². The first-order chi connectivity index (χ1) is 7.92. The van der Waals surface area contributed by atoms with Crippen molar-refractivity contribution in [2.75, 3.05) is 46.4 Å². The van der Waals surface area contributed by atoms with Crippen LogP contribution in [-0.4, -0.2) is 73.0 Å². The number of β-amino-alcohol motifs (C(OH)–C–C–N with tert-alkyl or cyclic N) is 1. The van der Waals surface area contributed by atoms with E-state index in [1.54, 1.807) is 7.11 Å². The van der Waals surface area contributed by atoms with Crippen molar-refractivity contribution in [2.45, 2.75) is 38.8 Å². The Balaban J connectivity index is 2.29. The van der Waals surface area contributed by atoms with Crippen LogP contribution in [0.1, 0.15) is 27.2 Å². The second-order valence-corrected chi connectivity index (χ2v) is 5.78. The third-order valence-corrected chi connectivity index (χ3v) is 3.26. The van der Waals surface area contributed by atoms with Crippen LogP contribution < -0.4 is 0 Å². The minimum Gasteiger partial charge on any atom is -0.389 e. The Morgan fingerprint density at radius 2 is 2.06 bits per heavy atom. The first kappa shape index (κ1) is 14.9. The Bertz CT molecular complexity index is 216. The molecule has 1 atom stereocenters. The van der Waals surface area contributed by atoms with E-state index >= 15 is 0 Å². The summed E-state index contributed by atoms with van der Waals surface area (Å²) in [6.45, 7) is 12.0. The zero-order valence-electron chi connectivity index (χ0n) is 11.8. The minimum absolute atomic E-state index is 0.526. The zero-order chi connectivity index (χ0) is 12.9. The molecule has 0 amide bonds. The quantitative estimate of drug-likeness (QED) is 0.701. The van der Waals surface area contributed by atoms with E-state index in [2.05, 4.69) is 16.7 Å². The van der Waals surface area contributed by atoms with E-state index in [9.17, 15) is 5.11 Å².